The van der Waals surface area contributed by atoms with Gasteiger partial charge in [0.15, 0.2) is 11.5 Å². The lowest BCUT2D eigenvalue weighted by Gasteiger charge is -2.13. The summed E-state index contributed by atoms with van der Waals surface area (Å²) in [7, 11) is 1.56. The van der Waals surface area contributed by atoms with Gasteiger partial charge >= 0.3 is 0 Å². The molecule has 2 aromatic carbocycles. The Morgan fingerprint density at radius 1 is 1.20 bits per heavy atom. The molecule has 0 fully saturated rings. The highest BCUT2D eigenvalue weighted by Crippen LogP contribution is 2.30. The Morgan fingerprint density at radius 2 is 1.95 bits per heavy atom. The molecular formula is C15H14ClNO3. The number of para-hydroxylation sites is 1. The maximum atomic E-state index is 8.68. The molecule has 0 unspecified atom stereocenters. The number of benzene rings is 2. The number of halogens is 1. The van der Waals surface area contributed by atoms with Crippen LogP contribution in [-0.2, 0) is 6.61 Å². The molecule has 0 aromatic heterocycles. The SMILES string of the molecule is COc1cccc(C=NO)c1OCc1ccc(Cl)cc1. The third-order valence-corrected chi connectivity index (χ3v) is 2.97. The van der Waals surface area contributed by atoms with Crippen molar-refractivity contribution in [3.05, 3.63) is 58.6 Å². The summed E-state index contributed by atoms with van der Waals surface area (Å²) in [4.78, 5) is 0. The van der Waals surface area contributed by atoms with Gasteiger partial charge in [0.1, 0.15) is 6.61 Å². The second kappa shape index (κ2) is 6.82. The van der Waals surface area contributed by atoms with E-state index in [2.05, 4.69) is 5.16 Å². The highest BCUT2D eigenvalue weighted by molar-refractivity contribution is 6.30. The summed E-state index contributed by atoms with van der Waals surface area (Å²) in [6.45, 7) is 0.365. The van der Waals surface area contributed by atoms with Gasteiger partial charge < -0.3 is 14.7 Å². The van der Waals surface area contributed by atoms with E-state index in [1.165, 1.54) is 6.21 Å². The van der Waals surface area contributed by atoms with Crippen LogP contribution in [-0.4, -0.2) is 18.5 Å². The van der Waals surface area contributed by atoms with E-state index in [1.807, 2.05) is 12.1 Å². The molecule has 0 aliphatic carbocycles. The van der Waals surface area contributed by atoms with Crippen LogP contribution in [0.15, 0.2) is 47.6 Å². The molecule has 0 aliphatic heterocycles. The van der Waals surface area contributed by atoms with E-state index < -0.39 is 0 Å². The summed E-state index contributed by atoms with van der Waals surface area (Å²) in [5, 5.41) is 12.4. The molecular weight excluding hydrogens is 278 g/mol. The quantitative estimate of drug-likeness (QED) is 0.519. The van der Waals surface area contributed by atoms with Crippen LogP contribution in [0, 0.1) is 0 Å². The van der Waals surface area contributed by atoms with Crippen molar-refractivity contribution in [2.24, 2.45) is 5.16 Å². The molecule has 0 amide bonds. The van der Waals surface area contributed by atoms with Gasteiger partial charge in [-0.3, -0.25) is 0 Å². The van der Waals surface area contributed by atoms with Gasteiger partial charge in [-0.15, -0.1) is 0 Å². The minimum atomic E-state index is 0.365. The molecule has 2 aromatic rings. The van der Waals surface area contributed by atoms with Crippen molar-refractivity contribution in [1.29, 1.82) is 0 Å². The molecule has 0 spiro atoms. The maximum Gasteiger partial charge on any atom is 0.170 e. The third kappa shape index (κ3) is 3.42. The summed E-state index contributed by atoms with van der Waals surface area (Å²) < 4.78 is 11.0. The van der Waals surface area contributed by atoms with Crippen molar-refractivity contribution in [3.63, 3.8) is 0 Å². The first-order valence-corrected chi connectivity index (χ1v) is 6.34. The zero-order valence-corrected chi connectivity index (χ0v) is 11.7. The van der Waals surface area contributed by atoms with Gasteiger partial charge in [-0.25, -0.2) is 0 Å². The molecule has 0 aliphatic rings. The van der Waals surface area contributed by atoms with E-state index in [1.54, 1.807) is 37.4 Å². The predicted octanol–water partition coefficient (Wildman–Crippen LogP) is 3.74. The smallest absolute Gasteiger partial charge is 0.170 e. The van der Waals surface area contributed by atoms with Crippen molar-refractivity contribution in [2.75, 3.05) is 7.11 Å². The van der Waals surface area contributed by atoms with Crippen LogP contribution in [0.5, 0.6) is 11.5 Å². The monoisotopic (exact) mass is 291 g/mol. The molecule has 4 nitrogen and oxygen atoms in total. The van der Waals surface area contributed by atoms with Gasteiger partial charge in [-0.05, 0) is 29.8 Å². The van der Waals surface area contributed by atoms with Crippen molar-refractivity contribution >= 4 is 17.8 Å². The Kier molecular flexibility index (Phi) is 4.85. The van der Waals surface area contributed by atoms with E-state index in [4.69, 9.17) is 26.3 Å². The van der Waals surface area contributed by atoms with Crippen molar-refractivity contribution in [1.82, 2.24) is 0 Å². The largest absolute Gasteiger partial charge is 0.493 e. The van der Waals surface area contributed by atoms with Crippen LogP contribution in [0.4, 0.5) is 0 Å². The lowest BCUT2D eigenvalue weighted by molar-refractivity contribution is 0.283. The van der Waals surface area contributed by atoms with E-state index >= 15 is 0 Å². The summed E-state index contributed by atoms with van der Waals surface area (Å²) in [6, 6.07) is 12.7. The minimum Gasteiger partial charge on any atom is -0.493 e. The van der Waals surface area contributed by atoms with E-state index in [-0.39, 0.29) is 0 Å². The molecule has 0 bridgehead atoms. The maximum absolute atomic E-state index is 8.68. The van der Waals surface area contributed by atoms with Crippen molar-refractivity contribution in [2.45, 2.75) is 6.61 Å². The van der Waals surface area contributed by atoms with Crippen molar-refractivity contribution < 1.29 is 14.7 Å². The number of hydrogen-bond donors (Lipinski definition) is 1. The minimum absolute atomic E-state index is 0.365. The van der Waals surface area contributed by atoms with Crippen LogP contribution in [0.25, 0.3) is 0 Å². The first kappa shape index (κ1) is 14.2. The van der Waals surface area contributed by atoms with Gasteiger partial charge in [0, 0.05) is 10.6 Å². The van der Waals surface area contributed by atoms with Gasteiger partial charge in [-0.1, -0.05) is 35.0 Å². The number of rotatable bonds is 5. The predicted molar refractivity (Wildman–Crippen MR) is 78.2 cm³/mol. The van der Waals surface area contributed by atoms with Gasteiger partial charge in [0.25, 0.3) is 0 Å². The van der Waals surface area contributed by atoms with Crippen LogP contribution in [0.3, 0.4) is 0 Å². The summed E-state index contributed by atoms with van der Waals surface area (Å²) in [5.41, 5.74) is 1.62. The molecule has 1 N–H and O–H groups in total. The normalized spacial score (nSPS) is 10.7. The molecule has 0 saturated heterocycles. The van der Waals surface area contributed by atoms with E-state index in [9.17, 15) is 0 Å². The molecule has 0 radical (unpaired) electrons. The number of ether oxygens (including phenoxy) is 2. The zero-order chi connectivity index (χ0) is 14.4. The van der Waals surface area contributed by atoms with Crippen LogP contribution in [0.1, 0.15) is 11.1 Å². The van der Waals surface area contributed by atoms with Crippen LogP contribution < -0.4 is 9.47 Å². The van der Waals surface area contributed by atoms with Crippen LogP contribution >= 0.6 is 11.6 Å². The molecule has 2 rings (SSSR count). The first-order valence-electron chi connectivity index (χ1n) is 5.96. The molecule has 5 heteroatoms. The van der Waals surface area contributed by atoms with Gasteiger partial charge in [0.05, 0.1) is 13.3 Å². The number of nitrogens with zero attached hydrogens (tertiary/aromatic N) is 1. The number of hydrogen-bond acceptors (Lipinski definition) is 4. The zero-order valence-electron chi connectivity index (χ0n) is 10.9. The molecule has 104 valence electrons. The topological polar surface area (TPSA) is 51.0 Å². The first-order chi connectivity index (χ1) is 9.74. The van der Waals surface area contributed by atoms with E-state index in [0.29, 0.717) is 28.7 Å². The molecule has 20 heavy (non-hydrogen) atoms. The second-order valence-corrected chi connectivity index (χ2v) is 4.47. The fourth-order valence-corrected chi connectivity index (χ4v) is 1.87. The fraction of sp³-hybridized carbons (Fsp3) is 0.133. The third-order valence-electron chi connectivity index (χ3n) is 2.72. The average molecular weight is 292 g/mol. The Hall–Kier alpha value is -2.20. The Balaban J connectivity index is 2.21. The fourth-order valence-electron chi connectivity index (χ4n) is 1.75. The Morgan fingerprint density at radius 3 is 2.60 bits per heavy atom. The lowest BCUT2D eigenvalue weighted by atomic mass is 10.2. The second-order valence-electron chi connectivity index (χ2n) is 4.04. The van der Waals surface area contributed by atoms with Crippen molar-refractivity contribution in [3.8, 4) is 11.5 Å². The highest BCUT2D eigenvalue weighted by Gasteiger charge is 2.09. The highest BCUT2D eigenvalue weighted by atomic mass is 35.5. The van der Waals surface area contributed by atoms with E-state index in [0.717, 1.165) is 5.56 Å². The van der Waals surface area contributed by atoms with Crippen LogP contribution in [0.2, 0.25) is 5.02 Å². The summed E-state index contributed by atoms with van der Waals surface area (Å²) in [5.74, 6) is 1.11. The standard InChI is InChI=1S/C15H14ClNO3/c1-19-14-4-2-3-12(9-17-18)15(14)20-10-11-5-7-13(16)8-6-11/h2-9,18H,10H2,1H3. The van der Waals surface area contributed by atoms with Gasteiger partial charge in [-0.2, -0.15) is 0 Å². The lowest BCUT2D eigenvalue weighted by Crippen LogP contribution is -2.00. The number of methoxy groups -OCH3 is 1. The summed E-state index contributed by atoms with van der Waals surface area (Å²) >= 11 is 5.84. The Bertz CT molecular complexity index is 597. The Labute approximate surface area is 122 Å². The molecule has 0 heterocycles. The summed E-state index contributed by atoms with van der Waals surface area (Å²) in [6.07, 6.45) is 1.31. The van der Waals surface area contributed by atoms with Gasteiger partial charge in [0.2, 0.25) is 0 Å². The average Bonchev–Trinajstić information content (AvgIpc) is 2.47. The molecule has 0 atom stereocenters. The number of oxime groups is 1. The molecule has 0 saturated carbocycles.